The summed E-state index contributed by atoms with van der Waals surface area (Å²) in [6.45, 7) is 0.782. The highest BCUT2D eigenvalue weighted by atomic mass is 79.9. The molecule has 1 aliphatic rings. The number of carbonyl (C=O) groups is 1. The van der Waals surface area contributed by atoms with Crippen molar-refractivity contribution in [1.82, 2.24) is 4.98 Å². The van der Waals surface area contributed by atoms with Crippen molar-refractivity contribution in [3.05, 3.63) is 57.8 Å². The average molecular weight is 361 g/mol. The Morgan fingerprint density at radius 1 is 1.45 bits per heavy atom. The minimum Gasteiger partial charge on any atom is -0.465 e. The molecule has 0 saturated heterocycles. The molecule has 1 heterocycles. The largest absolute Gasteiger partial charge is 0.465 e. The van der Waals surface area contributed by atoms with Crippen LogP contribution in [-0.2, 0) is 11.2 Å². The lowest BCUT2D eigenvalue weighted by atomic mass is 10.0. The van der Waals surface area contributed by atoms with E-state index in [9.17, 15) is 4.79 Å². The Hall–Kier alpha value is -1.88. The first-order valence-electron chi connectivity index (χ1n) is 7.23. The number of aryl methyl sites for hydroxylation is 1. The Labute approximate surface area is 138 Å². The van der Waals surface area contributed by atoms with Crippen LogP contribution in [0.15, 0.2) is 41.1 Å². The molecule has 0 radical (unpaired) electrons. The van der Waals surface area contributed by atoms with Gasteiger partial charge in [0.25, 0.3) is 0 Å². The van der Waals surface area contributed by atoms with E-state index in [2.05, 4.69) is 44.4 Å². The third-order valence-electron chi connectivity index (χ3n) is 4.07. The number of fused-ring (bicyclic) bond motifs is 1. The number of ether oxygens (including phenoxy) is 1. The Balaban J connectivity index is 1.74. The number of pyridine rings is 1. The summed E-state index contributed by atoms with van der Waals surface area (Å²) in [5.74, 6) is 0.106. The molecule has 0 saturated carbocycles. The molecule has 22 heavy (non-hydrogen) atoms. The topological polar surface area (TPSA) is 51.2 Å². The van der Waals surface area contributed by atoms with Crippen LogP contribution in [0.2, 0.25) is 0 Å². The molecule has 3 rings (SSSR count). The maximum absolute atomic E-state index is 11.8. The number of anilines is 1. The highest BCUT2D eigenvalue weighted by Gasteiger charge is 2.23. The van der Waals surface area contributed by atoms with Crippen LogP contribution in [0.1, 0.15) is 33.8 Å². The van der Waals surface area contributed by atoms with Gasteiger partial charge in [0.15, 0.2) is 0 Å². The van der Waals surface area contributed by atoms with Crippen LogP contribution in [0.25, 0.3) is 0 Å². The number of methoxy groups -OCH3 is 1. The molecular formula is C17H17BrN2O2. The lowest BCUT2D eigenvalue weighted by molar-refractivity contribution is 0.0601. The van der Waals surface area contributed by atoms with Gasteiger partial charge < -0.3 is 10.1 Å². The molecule has 0 aliphatic heterocycles. The van der Waals surface area contributed by atoms with Crippen molar-refractivity contribution in [2.75, 3.05) is 19.0 Å². The molecule has 4 nitrogen and oxygen atoms in total. The van der Waals surface area contributed by atoms with Gasteiger partial charge in [0.2, 0.25) is 0 Å². The summed E-state index contributed by atoms with van der Waals surface area (Å²) in [7, 11) is 1.39. The van der Waals surface area contributed by atoms with E-state index in [0.717, 1.165) is 29.5 Å². The number of hydrogen-bond donors (Lipinski definition) is 1. The fourth-order valence-electron chi connectivity index (χ4n) is 2.94. The summed E-state index contributed by atoms with van der Waals surface area (Å²) in [4.78, 5) is 15.9. The second-order valence-corrected chi connectivity index (χ2v) is 6.29. The molecule has 1 N–H and O–H groups in total. The highest BCUT2D eigenvalue weighted by Crippen LogP contribution is 2.35. The Morgan fingerprint density at radius 2 is 2.32 bits per heavy atom. The van der Waals surface area contributed by atoms with E-state index in [4.69, 9.17) is 4.74 Å². The van der Waals surface area contributed by atoms with Gasteiger partial charge in [-0.2, -0.15) is 0 Å². The van der Waals surface area contributed by atoms with E-state index in [-0.39, 0.29) is 5.97 Å². The molecule has 0 fully saturated rings. The van der Waals surface area contributed by atoms with Crippen LogP contribution in [0.3, 0.4) is 0 Å². The van der Waals surface area contributed by atoms with Crippen LogP contribution < -0.4 is 5.32 Å². The molecule has 5 heteroatoms. The van der Waals surface area contributed by atoms with Gasteiger partial charge in [-0.15, -0.1) is 0 Å². The van der Waals surface area contributed by atoms with Crippen molar-refractivity contribution in [1.29, 1.82) is 0 Å². The maximum atomic E-state index is 11.8. The molecular weight excluding hydrogens is 344 g/mol. The smallest absolute Gasteiger partial charge is 0.340 e. The van der Waals surface area contributed by atoms with Crippen LogP contribution in [-0.4, -0.2) is 24.6 Å². The van der Waals surface area contributed by atoms with Crippen LogP contribution in [0, 0.1) is 0 Å². The number of esters is 1. The molecule has 0 amide bonds. The van der Waals surface area contributed by atoms with Crippen LogP contribution in [0.5, 0.6) is 0 Å². The first-order valence-corrected chi connectivity index (χ1v) is 8.03. The molecule has 0 unspecified atom stereocenters. The Kier molecular flexibility index (Phi) is 4.43. The number of aromatic nitrogens is 1. The molecule has 1 aliphatic carbocycles. The first kappa shape index (κ1) is 15.0. The fraction of sp³-hybridized carbons (Fsp3) is 0.294. The van der Waals surface area contributed by atoms with Gasteiger partial charge >= 0.3 is 5.97 Å². The molecule has 0 bridgehead atoms. The molecule has 1 aromatic heterocycles. The van der Waals surface area contributed by atoms with Crippen molar-refractivity contribution in [3.8, 4) is 0 Å². The SMILES string of the molecule is COC(=O)c1ccncc1NC[C@@H]1CCc2cc(Br)ccc21. The Bertz CT molecular complexity index is 703. The van der Waals surface area contributed by atoms with E-state index in [1.165, 1.54) is 18.2 Å². The van der Waals surface area contributed by atoms with Gasteiger partial charge in [-0.25, -0.2) is 4.79 Å². The summed E-state index contributed by atoms with van der Waals surface area (Å²) in [5.41, 5.74) is 4.03. The van der Waals surface area contributed by atoms with E-state index < -0.39 is 0 Å². The summed E-state index contributed by atoms with van der Waals surface area (Å²) < 4.78 is 5.93. The highest BCUT2D eigenvalue weighted by molar-refractivity contribution is 9.10. The van der Waals surface area contributed by atoms with E-state index in [0.29, 0.717) is 11.5 Å². The van der Waals surface area contributed by atoms with Gasteiger partial charge in [0, 0.05) is 23.1 Å². The third kappa shape index (κ3) is 2.99. The van der Waals surface area contributed by atoms with E-state index in [1.807, 2.05) is 0 Å². The summed E-state index contributed by atoms with van der Waals surface area (Å²) in [6.07, 6.45) is 5.48. The summed E-state index contributed by atoms with van der Waals surface area (Å²) >= 11 is 3.52. The van der Waals surface area contributed by atoms with E-state index >= 15 is 0 Å². The van der Waals surface area contributed by atoms with Gasteiger partial charge in [0.05, 0.1) is 24.6 Å². The number of hydrogen-bond acceptors (Lipinski definition) is 4. The predicted octanol–water partition coefficient (Wildman–Crippen LogP) is 3.77. The quantitative estimate of drug-likeness (QED) is 0.843. The second kappa shape index (κ2) is 6.48. The van der Waals surface area contributed by atoms with Crippen molar-refractivity contribution >= 4 is 27.6 Å². The van der Waals surface area contributed by atoms with E-state index in [1.54, 1.807) is 18.5 Å². The molecule has 1 atom stereocenters. The minimum atomic E-state index is -0.347. The molecule has 1 aromatic carbocycles. The number of rotatable bonds is 4. The lowest BCUT2D eigenvalue weighted by Gasteiger charge is -2.15. The summed E-state index contributed by atoms with van der Waals surface area (Å²) in [5, 5.41) is 3.35. The predicted molar refractivity (Wildman–Crippen MR) is 89.3 cm³/mol. The number of halogens is 1. The average Bonchev–Trinajstić information content (AvgIpc) is 2.94. The van der Waals surface area contributed by atoms with Gasteiger partial charge in [-0.3, -0.25) is 4.98 Å². The normalized spacial score (nSPS) is 16.2. The zero-order valence-corrected chi connectivity index (χ0v) is 13.9. The van der Waals surface area contributed by atoms with Gasteiger partial charge in [-0.05, 0) is 42.2 Å². The van der Waals surface area contributed by atoms with Crippen LogP contribution >= 0.6 is 15.9 Å². The third-order valence-corrected chi connectivity index (χ3v) is 4.57. The fourth-order valence-corrected chi connectivity index (χ4v) is 3.35. The van der Waals surface area contributed by atoms with Crippen molar-refractivity contribution in [2.45, 2.75) is 18.8 Å². The Morgan fingerprint density at radius 3 is 3.14 bits per heavy atom. The van der Waals surface area contributed by atoms with Crippen LogP contribution in [0.4, 0.5) is 5.69 Å². The standard InChI is InChI=1S/C17H17BrN2O2/c1-22-17(21)15-6-7-19-10-16(15)20-9-12-3-2-11-8-13(18)4-5-14(11)12/h4-8,10,12,20H,2-3,9H2,1H3/t12-/m0/s1. The van der Waals surface area contributed by atoms with Crippen molar-refractivity contribution in [3.63, 3.8) is 0 Å². The maximum Gasteiger partial charge on any atom is 0.340 e. The monoisotopic (exact) mass is 360 g/mol. The van der Waals surface area contributed by atoms with Crippen molar-refractivity contribution < 1.29 is 9.53 Å². The molecule has 114 valence electrons. The van der Waals surface area contributed by atoms with Gasteiger partial charge in [0.1, 0.15) is 0 Å². The number of nitrogens with zero attached hydrogens (tertiary/aromatic N) is 1. The number of carbonyl (C=O) groups excluding carboxylic acids is 1. The minimum absolute atomic E-state index is 0.347. The summed E-state index contributed by atoms with van der Waals surface area (Å²) in [6, 6.07) is 8.14. The zero-order valence-electron chi connectivity index (χ0n) is 12.3. The number of nitrogens with one attached hydrogen (secondary N) is 1. The zero-order chi connectivity index (χ0) is 15.5. The molecule has 0 spiro atoms. The number of benzene rings is 1. The lowest BCUT2D eigenvalue weighted by Crippen LogP contribution is -2.14. The van der Waals surface area contributed by atoms with Gasteiger partial charge in [-0.1, -0.05) is 22.0 Å². The van der Waals surface area contributed by atoms with Crippen molar-refractivity contribution in [2.24, 2.45) is 0 Å². The first-order chi connectivity index (χ1) is 10.7. The second-order valence-electron chi connectivity index (χ2n) is 5.37. The molecule has 2 aromatic rings.